The third-order valence-electron chi connectivity index (χ3n) is 3.44. The predicted molar refractivity (Wildman–Crippen MR) is 92.7 cm³/mol. The lowest BCUT2D eigenvalue weighted by Crippen LogP contribution is -2.42. The molecule has 2 nitrogen and oxygen atoms in total. The molecule has 20 heavy (non-hydrogen) atoms. The fourth-order valence-electron chi connectivity index (χ4n) is 2.48. The lowest BCUT2D eigenvalue weighted by atomic mass is 10.0. The van der Waals surface area contributed by atoms with E-state index < -0.39 is 0 Å². The monoisotopic (exact) mass is 331 g/mol. The van der Waals surface area contributed by atoms with Gasteiger partial charge in [-0.3, -0.25) is 0 Å². The first-order valence-electron chi connectivity index (χ1n) is 6.99. The van der Waals surface area contributed by atoms with Crippen LogP contribution in [-0.2, 0) is 6.42 Å². The molecule has 1 aliphatic rings. The zero-order valence-electron chi connectivity index (χ0n) is 12.0. The van der Waals surface area contributed by atoms with Crippen LogP contribution in [0.4, 0.5) is 0 Å². The topological polar surface area (TPSA) is 21.3 Å². The van der Waals surface area contributed by atoms with Gasteiger partial charge in [0.2, 0.25) is 0 Å². The first kappa shape index (κ1) is 16.3. The van der Waals surface area contributed by atoms with Crippen LogP contribution in [0, 0.1) is 0 Å². The van der Waals surface area contributed by atoms with Crippen molar-refractivity contribution in [3.8, 4) is 5.75 Å². The van der Waals surface area contributed by atoms with Crippen molar-refractivity contribution in [3.63, 3.8) is 0 Å². The average molecular weight is 332 g/mol. The summed E-state index contributed by atoms with van der Waals surface area (Å²) in [5, 5.41) is 5.08. The number of nitrogens with one attached hydrogen (secondary N) is 1. The molecule has 0 spiro atoms. The SMILES string of the molecule is CCNC(Cc1cc(Cl)ccc1OC)C1CSCCS1. The predicted octanol–water partition coefficient (Wildman–Crippen LogP) is 3.72. The summed E-state index contributed by atoms with van der Waals surface area (Å²) < 4.78 is 5.47. The van der Waals surface area contributed by atoms with Gasteiger partial charge >= 0.3 is 0 Å². The Morgan fingerprint density at radius 1 is 1.45 bits per heavy atom. The molecule has 1 aromatic rings. The van der Waals surface area contributed by atoms with E-state index in [1.54, 1.807) is 7.11 Å². The van der Waals surface area contributed by atoms with Crippen molar-refractivity contribution < 1.29 is 4.74 Å². The van der Waals surface area contributed by atoms with Gasteiger partial charge in [0.1, 0.15) is 5.75 Å². The van der Waals surface area contributed by atoms with Gasteiger partial charge in [0.15, 0.2) is 0 Å². The van der Waals surface area contributed by atoms with E-state index in [2.05, 4.69) is 35.8 Å². The maximum absolute atomic E-state index is 6.13. The van der Waals surface area contributed by atoms with E-state index in [-0.39, 0.29) is 0 Å². The number of likely N-dealkylation sites (N-methyl/N-ethyl adjacent to an activating group) is 1. The molecule has 5 heteroatoms. The average Bonchev–Trinajstić information content (AvgIpc) is 2.48. The second-order valence-corrected chi connectivity index (χ2v) is 7.74. The van der Waals surface area contributed by atoms with Crippen molar-refractivity contribution in [2.24, 2.45) is 0 Å². The van der Waals surface area contributed by atoms with E-state index in [4.69, 9.17) is 16.3 Å². The van der Waals surface area contributed by atoms with Gasteiger partial charge in [0.25, 0.3) is 0 Å². The Balaban J connectivity index is 2.12. The van der Waals surface area contributed by atoms with Gasteiger partial charge < -0.3 is 10.1 Å². The Kier molecular flexibility index (Phi) is 6.88. The Hall–Kier alpha value is -0.0300. The first-order valence-corrected chi connectivity index (χ1v) is 9.58. The van der Waals surface area contributed by atoms with E-state index >= 15 is 0 Å². The van der Waals surface area contributed by atoms with Crippen molar-refractivity contribution in [2.75, 3.05) is 30.9 Å². The standard InChI is InChI=1S/C15H22ClNOS2/c1-3-17-13(15-10-19-6-7-20-15)9-11-8-12(16)4-5-14(11)18-2/h4-5,8,13,15,17H,3,6-7,9-10H2,1-2H3. The summed E-state index contributed by atoms with van der Waals surface area (Å²) in [7, 11) is 1.72. The fourth-order valence-corrected chi connectivity index (χ4v) is 5.56. The van der Waals surface area contributed by atoms with Gasteiger partial charge in [-0.1, -0.05) is 18.5 Å². The second-order valence-electron chi connectivity index (χ2n) is 4.81. The van der Waals surface area contributed by atoms with Gasteiger partial charge in [-0.25, -0.2) is 0 Å². The molecule has 0 amide bonds. The highest BCUT2D eigenvalue weighted by molar-refractivity contribution is 8.06. The molecule has 1 heterocycles. The summed E-state index contributed by atoms with van der Waals surface area (Å²) in [6, 6.07) is 6.36. The highest BCUT2D eigenvalue weighted by Crippen LogP contribution is 2.30. The van der Waals surface area contributed by atoms with E-state index in [1.165, 1.54) is 22.8 Å². The van der Waals surface area contributed by atoms with Crippen molar-refractivity contribution in [3.05, 3.63) is 28.8 Å². The molecule has 1 fully saturated rings. The summed E-state index contributed by atoms with van der Waals surface area (Å²) >= 11 is 10.3. The smallest absolute Gasteiger partial charge is 0.122 e. The van der Waals surface area contributed by atoms with Crippen LogP contribution in [0.2, 0.25) is 5.02 Å². The maximum Gasteiger partial charge on any atom is 0.122 e. The van der Waals surface area contributed by atoms with E-state index in [0.717, 1.165) is 23.7 Å². The molecule has 1 N–H and O–H groups in total. The highest BCUT2D eigenvalue weighted by atomic mass is 35.5. The van der Waals surface area contributed by atoms with Crippen molar-refractivity contribution in [1.29, 1.82) is 0 Å². The number of benzene rings is 1. The lowest BCUT2D eigenvalue weighted by molar-refractivity contribution is 0.405. The first-order chi connectivity index (χ1) is 9.74. The third-order valence-corrected chi connectivity index (χ3v) is 6.59. The number of halogens is 1. The molecule has 1 aromatic carbocycles. The largest absolute Gasteiger partial charge is 0.496 e. The van der Waals surface area contributed by atoms with Gasteiger partial charge in [-0.15, -0.1) is 0 Å². The van der Waals surface area contributed by atoms with E-state index in [9.17, 15) is 0 Å². The van der Waals surface area contributed by atoms with Crippen molar-refractivity contribution in [2.45, 2.75) is 24.6 Å². The molecule has 0 bridgehead atoms. The molecule has 112 valence electrons. The molecule has 1 saturated heterocycles. The highest BCUT2D eigenvalue weighted by Gasteiger charge is 2.25. The Bertz CT molecular complexity index is 424. The van der Waals surface area contributed by atoms with Gasteiger partial charge in [-0.05, 0) is 36.7 Å². The van der Waals surface area contributed by atoms with Crippen LogP contribution < -0.4 is 10.1 Å². The van der Waals surface area contributed by atoms with Gasteiger partial charge in [0.05, 0.1) is 7.11 Å². The molecule has 0 radical (unpaired) electrons. The molecule has 0 aromatic heterocycles. The van der Waals surface area contributed by atoms with Crippen LogP contribution in [0.5, 0.6) is 5.75 Å². The van der Waals surface area contributed by atoms with Crippen LogP contribution in [-0.4, -0.2) is 42.2 Å². The summed E-state index contributed by atoms with van der Waals surface area (Å²) in [5.41, 5.74) is 1.20. The summed E-state index contributed by atoms with van der Waals surface area (Å²) in [5.74, 6) is 4.70. The number of rotatable bonds is 6. The van der Waals surface area contributed by atoms with E-state index in [1.807, 2.05) is 18.2 Å². The van der Waals surface area contributed by atoms with E-state index in [0.29, 0.717) is 11.3 Å². The van der Waals surface area contributed by atoms with Gasteiger partial charge in [0, 0.05) is 33.6 Å². The molecule has 2 rings (SSSR count). The molecule has 2 atom stereocenters. The molecule has 2 unspecified atom stereocenters. The number of methoxy groups -OCH3 is 1. The number of hydrogen-bond acceptors (Lipinski definition) is 4. The Labute approximate surface area is 135 Å². The van der Waals surface area contributed by atoms with Crippen LogP contribution in [0.1, 0.15) is 12.5 Å². The zero-order valence-corrected chi connectivity index (χ0v) is 14.4. The number of thioether (sulfide) groups is 2. The minimum atomic E-state index is 0.477. The third kappa shape index (κ3) is 4.48. The van der Waals surface area contributed by atoms with Crippen molar-refractivity contribution in [1.82, 2.24) is 5.32 Å². The number of ether oxygens (including phenoxy) is 1. The molecular formula is C15H22ClNOS2. The Morgan fingerprint density at radius 3 is 2.95 bits per heavy atom. The fraction of sp³-hybridized carbons (Fsp3) is 0.600. The summed E-state index contributed by atoms with van der Waals surface area (Å²) in [6.45, 7) is 3.16. The molecule has 0 saturated carbocycles. The minimum Gasteiger partial charge on any atom is -0.496 e. The molecule has 0 aliphatic carbocycles. The van der Waals surface area contributed by atoms with Gasteiger partial charge in [-0.2, -0.15) is 23.5 Å². The summed E-state index contributed by atoms with van der Waals surface area (Å²) in [6.07, 6.45) is 0.968. The normalized spacial score (nSPS) is 20.6. The quantitative estimate of drug-likeness (QED) is 0.857. The second kappa shape index (κ2) is 8.42. The number of hydrogen-bond donors (Lipinski definition) is 1. The molecular weight excluding hydrogens is 310 g/mol. The van der Waals surface area contributed by atoms with Crippen LogP contribution >= 0.6 is 35.1 Å². The lowest BCUT2D eigenvalue weighted by Gasteiger charge is -2.30. The minimum absolute atomic E-state index is 0.477. The van der Waals surface area contributed by atoms with Crippen LogP contribution in [0.25, 0.3) is 0 Å². The summed E-state index contributed by atoms with van der Waals surface area (Å²) in [4.78, 5) is 0. The zero-order chi connectivity index (χ0) is 14.4. The van der Waals surface area contributed by atoms with Crippen molar-refractivity contribution >= 4 is 35.1 Å². The Morgan fingerprint density at radius 2 is 2.30 bits per heavy atom. The van der Waals surface area contributed by atoms with Crippen LogP contribution in [0.15, 0.2) is 18.2 Å². The maximum atomic E-state index is 6.13. The molecule has 1 aliphatic heterocycles. The van der Waals surface area contributed by atoms with Crippen LogP contribution in [0.3, 0.4) is 0 Å².